The fourth-order valence-electron chi connectivity index (χ4n) is 2.75. The number of amides is 1. The minimum atomic E-state index is -2.94. The fourth-order valence-corrected chi connectivity index (χ4v) is 4.38. The van der Waals surface area contributed by atoms with Crippen molar-refractivity contribution in [3.63, 3.8) is 0 Å². The number of ether oxygens (including phenoxy) is 1. The highest BCUT2D eigenvalue weighted by Gasteiger charge is 2.20. The van der Waals surface area contributed by atoms with Crippen molar-refractivity contribution < 1.29 is 22.7 Å². The van der Waals surface area contributed by atoms with Crippen LogP contribution in [0.2, 0.25) is 0 Å². The Morgan fingerprint density at radius 2 is 1.97 bits per heavy atom. The smallest absolute Gasteiger partial charge is 0.387 e. The number of hydrogen-bond acceptors (Lipinski definition) is 7. The van der Waals surface area contributed by atoms with Gasteiger partial charge in [0, 0.05) is 10.9 Å². The molecule has 0 bridgehead atoms. The largest absolute Gasteiger partial charge is 0.459 e. The van der Waals surface area contributed by atoms with Crippen LogP contribution in [0.3, 0.4) is 0 Å². The summed E-state index contributed by atoms with van der Waals surface area (Å²) in [6.07, 6.45) is 0. The highest BCUT2D eigenvalue weighted by Crippen LogP contribution is 2.34. The van der Waals surface area contributed by atoms with Crippen molar-refractivity contribution in [2.45, 2.75) is 20.5 Å². The first-order chi connectivity index (χ1) is 14.4. The third-order valence-electron chi connectivity index (χ3n) is 4.06. The van der Waals surface area contributed by atoms with E-state index in [1.807, 2.05) is 13.0 Å². The summed E-state index contributed by atoms with van der Waals surface area (Å²) in [7, 11) is 0. The number of anilines is 1. The molecule has 3 heterocycles. The first-order valence-electron chi connectivity index (χ1n) is 8.76. The normalized spacial score (nSPS) is 11.1. The Bertz CT molecular complexity index is 1200. The van der Waals surface area contributed by atoms with Crippen molar-refractivity contribution in [2.24, 2.45) is 0 Å². The number of carbonyl (C=O) groups excluding carboxylic acids is 1. The average molecular weight is 447 g/mol. The van der Waals surface area contributed by atoms with Crippen LogP contribution in [0.25, 0.3) is 22.0 Å². The zero-order valence-corrected chi connectivity index (χ0v) is 17.4. The van der Waals surface area contributed by atoms with Gasteiger partial charge in [0.25, 0.3) is 5.91 Å². The highest BCUT2D eigenvalue weighted by molar-refractivity contribution is 7.17. The lowest BCUT2D eigenvalue weighted by Crippen LogP contribution is -2.11. The molecule has 0 aliphatic rings. The summed E-state index contributed by atoms with van der Waals surface area (Å²) in [5.74, 6) is 1.03. The molecule has 1 aromatic carbocycles. The van der Waals surface area contributed by atoms with E-state index in [4.69, 9.17) is 4.42 Å². The summed E-state index contributed by atoms with van der Waals surface area (Å²) >= 11 is 2.41. The number of furan rings is 1. The summed E-state index contributed by atoms with van der Waals surface area (Å²) in [6, 6.07) is 10.0. The molecule has 154 valence electrons. The fraction of sp³-hybridized carbons (Fsp3) is 0.150. The number of rotatable bonds is 6. The van der Waals surface area contributed by atoms with E-state index in [1.54, 1.807) is 36.6 Å². The molecule has 10 heteroatoms. The van der Waals surface area contributed by atoms with E-state index >= 15 is 0 Å². The maximum Gasteiger partial charge on any atom is 0.387 e. The number of nitrogens with zero attached hydrogens (tertiary/aromatic N) is 2. The summed E-state index contributed by atoms with van der Waals surface area (Å²) in [5.41, 5.74) is 1.42. The second-order valence-corrected chi connectivity index (χ2v) is 8.07. The van der Waals surface area contributed by atoms with Crippen LogP contribution < -0.4 is 10.1 Å². The quantitative estimate of drug-likeness (QED) is 0.392. The molecule has 0 aliphatic heterocycles. The van der Waals surface area contributed by atoms with Gasteiger partial charge in [-0.05, 0) is 38.1 Å². The first kappa shape index (κ1) is 20.2. The summed E-state index contributed by atoms with van der Waals surface area (Å²) in [6.45, 7) is 0.642. The molecule has 0 unspecified atom stereocenters. The number of aromatic nitrogens is 2. The number of halogens is 2. The predicted molar refractivity (Wildman–Crippen MR) is 111 cm³/mol. The number of alkyl halides is 2. The Morgan fingerprint density at radius 1 is 1.17 bits per heavy atom. The molecule has 0 atom stereocenters. The van der Waals surface area contributed by atoms with E-state index in [1.165, 1.54) is 28.7 Å². The van der Waals surface area contributed by atoms with Gasteiger partial charge in [0.2, 0.25) is 0 Å². The van der Waals surface area contributed by atoms with E-state index < -0.39 is 6.61 Å². The zero-order valence-electron chi connectivity index (χ0n) is 15.8. The third kappa shape index (κ3) is 4.24. The van der Waals surface area contributed by atoms with Gasteiger partial charge < -0.3 is 9.15 Å². The molecular weight excluding hydrogens is 432 g/mol. The molecule has 4 aromatic rings. The lowest BCUT2D eigenvalue weighted by atomic mass is 10.1. The number of hydrogen-bond donors (Lipinski definition) is 1. The lowest BCUT2D eigenvalue weighted by Gasteiger charge is -2.08. The van der Waals surface area contributed by atoms with Gasteiger partial charge in [0.05, 0.1) is 11.4 Å². The number of aryl methyl sites for hydroxylation is 2. The molecule has 0 fully saturated rings. The van der Waals surface area contributed by atoms with Crippen LogP contribution in [-0.2, 0) is 0 Å². The molecule has 0 saturated carbocycles. The minimum Gasteiger partial charge on any atom is -0.459 e. The van der Waals surface area contributed by atoms with Crippen molar-refractivity contribution in [1.82, 2.24) is 9.97 Å². The van der Waals surface area contributed by atoms with Gasteiger partial charge in [-0.3, -0.25) is 10.1 Å². The summed E-state index contributed by atoms with van der Waals surface area (Å²) in [5, 5.41) is 5.36. The van der Waals surface area contributed by atoms with Crippen LogP contribution in [0, 0.1) is 13.8 Å². The van der Waals surface area contributed by atoms with Crippen molar-refractivity contribution in [2.75, 3.05) is 5.32 Å². The van der Waals surface area contributed by atoms with Gasteiger partial charge in [-0.15, -0.1) is 22.7 Å². The zero-order chi connectivity index (χ0) is 21.3. The van der Waals surface area contributed by atoms with Crippen LogP contribution in [0.1, 0.15) is 21.1 Å². The molecule has 0 aliphatic carbocycles. The van der Waals surface area contributed by atoms with Gasteiger partial charge >= 0.3 is 6.61 Å². The Morgan fingerprint density at radius 3 is 2.70 bits per heavy atom. The van der Waals surface area contributed by atoms with Crippen LogP contribution in [-0.4, -0.2) is 22.5 Å². The van der Waals surface area contributed by atoms with Crippen molar-refractivity contribution in [1.29, 1.82) is 0 Å². The van der Waals surface area contributed by atoms with E-state index in [-0.39, 0.29) is 11.7 Å². The van der Waals surface area contributed by atoms with Crippen molar-refractivity contribution in [3.8, 4) is 27.8 Å². The molecule has 1 N–H and O–H groups in total. The first-order valence-corrected chi connectivity index (χ1v) is 10.5. The number of benzene rings is 1. The number of thiazole rings is 2. The summed E-state index contributed by atoms with van der Waals surface area (Å²) < 4.78 is 35.4. The standard InChI is InChI=1S/C20H15F2N3O3S2/c1-10-7-8-15(27-10)18-23-11(2)16(30-18)17(26)25-20-24-13(9-29-20)12-5-3-4-6-14(12)28-19(21)22/h3-9,19H,1-2H3,(H,24,25,26). The Labute approximate surface area is 178 Å². The molecule has 0 saturated heterocycles. The number of carbonyl (C=O) groups is 1. The van der Waals surface area contributed by atoms with Crippen molar-refractivity contribution >= 4 is 33.7 Å². The molecule has 6 nitrogen and oxygen atoms in total. The second kappa shape index (κ2) is 8.33. The molecule has 30 heavy (non-hydrogen) atoms. The van der Waals surface area contributed by atoms with E-state index in [9.17, 15) is 13.6 Å². The molecule has 4 rings (SSSR count). The van der Waals surface area contributed by atoms with Gasteiger partial charge in [-0.25, -0.2) is 9.97 Å². The van der Waals surface area contributed by atoms with E-state index in [0.29, 0.717) is 37.7 Å². The Hall–Kier alpha value is -3.11. The SMILES string of the molecule is Cc1ccc(-c2nc(C)c(C(=O)Nc3nc(-c4ccccc4OC(F)F)cs3)s2)o1. The monoisotopic (exact) mass is 447 g/mol. The second-order valence-electron chi connectivity index (χ2n) is 6.21. The Balaban J connectivity index is 1.54. The van der Waals surface area contributed by atoms with Crippen LogP contribution in [0.4, 0.5) is 13.9 Å². The number of nitrogens with one attached hydrogen (secondary N) is 1. The molecule has 0 radical (unpaired) electrons. The topological polar surface area (TPSA) is 77.2 Å². The predicted octanol–water partition coefficient (Wildman–Crippen LogP) is 6.00. The minimum absolute atomic E-state index is 0.0207. The van der Waals surface area contributed by atoms with E-state index in [0.717, 1.165) is 5.76 Å². The lowest BCUT2D eigenvalue weighted by molar-refractivity contribution is -0.0494. The van der Waals surface area contributed by atoms with E-state index in [2.05, 4.69) is 20.0 Å². The van der Waals surface area contributed by atoms with Crippen LogP contribution in [0.5, 0.6) is 5.75 Å². The highest BCUT2D eigenvalue weighted by atomic mass is 32.1. The molecule has 3 aromatic heterocycles. The molecular formula is C20H15F2N3O3S2. The molecule has 0 spiro atoms. The maximum atomic E-state index is 12.7. The molecule has 1 amide bonds. The maximum absolute atomic E-state index is 12.7. The summed E-state index contributed by atoms with van der Waals surface area (Å²) in [4.78, 5) is 21.9. The van der Waals surface area contributed by atoms with Crippen molar-refractivity contribution in [3.05, 3.63) is 58.1 Å². The van der Waals surface area contributed by atoms with Gasteiger partial charge in [-0.2, -0.15) is 8.78 Å². The van der Waals surface area contributed by atoms with Crippen LogP contribution >= 0.6 is 22.7 Å². The Kier molecular flexibility index (Phi) is 5.60. The van der Waals surface area contributed by atoms with Gasteiger partial charge in [0.1, 0.15) is 16.4 Å². The van der Waals surface area contributed by atoms with Gasteiger partial charge in [-0.1, -0.05) is 12.1 Å². The number of para-hydroxylation sites is 1. The average Bonchev–Trinajstić information content (AvgIpc) is 3.42. The van der Waals surface area contributed by atoms with Gasteiger partial charge in [0.15, 0.2) is 15.9 Å². The third-order valence-corrected chi connectivity index (χ3v) is 5.99. The van der Waals surface area contributed by atoms with Crippen LogP contribution in [0.15, 0.2) is 46.2 Å².